The van der Waals surface area contributed by atoms with E-state index in [9.17, 15) is 4.79 Å². The lowest BCUT2D eigenvalue weighted by atomic mass is 10.1. The Morgan fingerprint density at radius 3 is 3.05 bits per heavy atom. The van der Waals surface area contributed by atoms with Crippen molar-refractivity contribution in [3.63, 3.8) is 0 Å². The van der Waals surface area contributed by atoms with Crippen molar-refractivity contribution in [1.82, 2.24) is 19.9 Å². The van der Waals surface area contributed by atoms with Gasteiger partial charge in [-0.3, -0.25) is 0 Å². The molecular formula is C13H10N4O2S. The van der Waals surface area contributed by atoms with E-state index in [1.165, 1.54) is 18.1 Å². The number of benzene rings is 1. The Balaban J connectivity index is 1.81. The molecule has 20 heavy (non-hydrogen) atoms. The summed E-state index contributed by atoms with van der Waals surface area (Å²) in [5.74, 6) is -0.290. The van der Waals surface area contributed by atoms with Gasteiger partial charge in [-0.1, -0.05) is 23.9 Å². The Labute approximate surface area is 118 Å². The lowest BCUT2D eigenvalue weighted by Gasteiger charge is -2.03. The Hall–Kier alpha value is -2.41. The van der Waals surface area contributed by atoms with E-state index in [-0.39, 0.29) is 5.56 Å². The van der Waals surface area contributed by atoms with Crippen LogP contribution in [0.25, 0.3) is 11.2 Å². The third-order valence-corrected chi connectivity index (χ3v) is 3.80. The van der Waals surface area contributed by atoms with E-state index in [4.69, 9.17) is 5.11 Å². The third kappa shape index (κ3) is 2.48. The van der Waals surface area contributed by atoms with E-state index in [2.05, 4.69) is 19.9 Å². The number of carbonyl (C=O) groups is 1. The molecule has 1 aromatic carbocycles. The molecule has 100 valence electrons. The van der Waals surface area contributed by atoms with Crippen LogP contribution in [0, 0.1) is 0 Å². The maximum absolute atomic E-state index is 10.9. The van der Waals surface area contributed by atoms with Crippen molar-refractivity contribution in [2.24, 2.45) is 0 Å². The minimum atomic E-state index is -0.921. The second-order valence-electron chi connectivity index (χ2n) is 4.07. The summed E-state index contributed by atoms with van der Waals surface area (Å²) in [6.45, 7) is 0. The number of thioether (sulfide) groups is 1. The van der Waals surface area contributed by atoms with Crippen LogP contribution in [-0.2, 0) is 5.75 Å². The molecule has 7 heteroatoms. The number of aromatic amines is 1. The lowest BCUT2D eigenvalue weighted by molar-refractivity contribution is 0.0697. The quantitative estimate of drug-likeness (QED) is 0.565. The van der Waals surface area contributed by atoms with Gasteiger partial charge in [0.05, 0.1) is 11.9 Å². The Morgan fingerprint density at radius 1 is 1.30 bits per heavy atom. The smallest absolute Gasteiger partial charge is 0.335 e. The number of fused-ring (bicyclic) bond motifs is 1. The van der Waals surface area contributed by atoms with Gasteiger partial charge in [-0.15, -0.1) is 0 Å². The standard InChI is InChI=1S/C13H10N4O2S/c18-13(19)9-3-1-2-8(4-9)5-20-12-10-11(15-6-14-10)16-7-17-12/h1-4,6-7H,5H2,(H,18,19)(H,14,15,16,17). The van der Waals surface area contributed by atoms with Crippen LogP contribution in [0.3, 0.4) is 0 Å². The van der Waals surface area contributed by atoms with Gasteiger partial charge in [0.1, 0.15) is 16.9 Å². The zero-order valence-corrected chi connectivity index (χ0v) is 11.1. The average molecular weight is 286 g/mol. The number of nitrogens with zero attached hydrogens (tertiary/aromatic N) is 3. The largest absolute Gasteiger partial charge is 0.478 e. The van der Waals surface area contributed by atoms with E-state index >= 15 is 0 Å². The molecule has 0 atom stereocenters. The van der Waals surface area contributed by atoms with Gasteiger partial charge < -0.3 is 10.1 Å². The maximum atomic E-state index is 10.9. The fourth-order valence-electron chi connectivity index (χ4n) is 1.80. The SMILES string of the molecule is O=C(O)c1cccc(CSc2ncnc3nc[nH]c23)c1. The molecule has 0 amide bonds. The summed E-state index contributed by atoms with van der Waals surface area (Å²) in [4.78, 5) is 26.3. The molecule has 0 aliphatic heterocycles. The van der Waals surface area contributed by atoms with Gasteiger partial charge in [0.25, 0.3) is 0 Å². The Bertz CT molecular complexity index is 772. The first-order valence-corrected chi connectivity index (χ1v) is 6.82. The van der Waals surface area contributed by atoms with E-state index < -0.39 is 5.97 Å². The van der Waals surface area contributed by atoms with Crippen LogP contribution in [0.4, 0.5) is 0 Å². The summed E-state index contributed by atoms with van der Waals surface area (Å²) < 4.78 is 0. The van der Waals surface area contributed by atoms with Gasteiger partial charge in [0, 0.05) is 5.75 Å². The van der Waals surface area contributed by atoms with Gasteiger partial charge in [-0.05, 0) is 17.7 Å². The molecule has 0 aliphatic carbocycles. The van der Waals surface area contributed by atoms with E-state index in [0.29, 0.717) is 11.4 Å². The highest BCUT2D eigenvalue weighted by atomic mass is 32.2. The first-order valence-electron chi connectivity index (χ1n) is 5.83. The molecule has 2 N–H and O–H groups in total. The van der Waals surface area contributed by atoms with Crippen molar-refractivity contribution < 1.29 is 9.90 Å². The van der Waals surface area contributed by atoms with E-state index in [0.717, 1.165) is 16.1 Å². The van der Waals surface area contributed by atoms with Gasteiger partial charge in [-0.25, -0.2) is 19.7 Å². The predicted molar refractivity (Wildman–Crippen MR) is 74.6 cm³/mol. The number of hydrogen-bond donors (Lipinski definition) is 2. The fourth-order valence-corrected chi connectivity index (χ4v) is 2.70. The van der Waals surface area contributed by atoms with Crippen molar-refractivity contribution in [2.45, 2.75) is 10.8 Å². The predicted octanol–water partition coefficient (Wildman–Crippen LogP) is 2.34. The van der Waals surface area contributed by atoms with Crippen LogP contribution in [0.1, 0.15) is 15.9 Å². The summed E-state index contributed by atoms with van der Waals surface area (Å²) in [6.07, 6.45) is 3.05. The van der Waals surface area contributed by atoms with Gasteiger partial charge in [0.2, 0.25) is 0 Å². The van der Waals surface area contributed by atoms with Gasteiger partial charge >= 0.3 is 5.97 Å². The number of carboxylic acid groups (broad SMARTS) is 1. The number of aromatic carboxylic acids is 1. The van der Waals surface area contributed by atoms with E-state index in [1.54, 1.807) is 24.5 Å². The number of imidazole rings is 1. The van der Waals surface area contributed by atoms with Crippen molar-refractivity contribution >= 4 is 28.9 Å². The first-order chi connectivity index (χ1) is 9.74. The Kier molecular flexibility index (Phi) is 3.34. The highest BCUT2D eigenvalue weighted by Gasteiger charge is 2.08. The van der Waals surface area contributed by atoms with E-state index in [1.807, 2.05) is 6.07 Å². The number of hydrogen-bond acceptors (Lipinski definition) is 5. The second-order valence-corrected chi connectivity index (χ2v) is 5.04. The minimum absolute atomic E-state index is 0.289. The van der Waals surface area contributed by atoms with Crippen LogP contribution in [0.2, 0.25) is 0 Å². The minimum Gasteiger partial charge on any atom is -0.478 e. The number of nitrogens with one attached hydrogen (secondary N) is 1. The van der Waals surface area contributed by atoms with Crippen LogP contribution >= 0.6 is 11.8 Å². The topological polar surface area (TPSA) is 91.8 Å². The van der Waals surface area contributed by atoms with Crippen LogP contribution in [-0.4, -0.2) is 31.0 Å². The van der Waals surface area contributed by atoms with Crippen LogP contribution in [0.5, 0.6) is 0 Å². The summed E-state index contributed by atoms with van der Waals surface area (Å²) in [6, 6.07) is 6.88. The number of rotatable bonds is 4. The molecule has 0 saturated heterocycles. The summed E-state index contributed by atoms with van der Waals surface area (Å²) in [7, 11) is 0. The van der Waals surface area contributed by atoms with Gasteiger partial charge in [0.15, 0.2) is 5.65 Å². The van der Waals surface area contributed by atoms with Crippen molar-refractivity contribution in [3.8, 4) is 0 Å². The zero-order valence-electron chi connectivity index (χ0n) is 10.3. The third-order valence-electron chi connectivity index (χ3n) is 2.74. The highest BCUT2D eigenvalue weighted by Crippen LogP contribution is 2.25. The maximum Gasteiger partial charge on any atom is 0.335 e. The lowest BCUT2D eigenvalue weighted by Crippen LogP contribution is -1.96. The molecule has 0 saturated carbocycles. The Morgan fingerprint density at radius 2 is 2.20 bits per heavy atom. The first kappa shape index (κ1) is 12.6. The summed E-state index contributed by atoms with van der Waals surface area (Å²) in [5.41, 5.74) is 2.65. The normalized spacial score (nSPS) is 10.8. The molecule has 3 aromatic rings. The molecule has 0 aliphatic rings. The van der Waals surface area contributed by atoms with Crippen molar-refractivity contribution in [2.75, 3.05) is 0 Å². The van der Waals surface area contributed by atoms with Crippen LogP contribution < -0.4 is 0 Å². The number of carboxylic acids is 1. The summed E-state index contributed by atoms with van der Waals surface area (Å²) >= 11 is 1.51. The molecule has 3 rings (SSSR count). The molecule has 0 fully saturated rings. The van der Waals surface area contributed by atoms with Crippen molar-refractivity contribution in [1.29, 1.82) is 0 Å². The molecule has 2 aromatic heterocycles. The molecule has 2 heterocycles. The molecular weight excluding hydrogens is 276 g/mol. The van der Waals surface area contributed by atoms with Crippen LogP contribution in [0.15, 0.2) is 41.9 Å². The fraction of sp³-hybridized carbons (Fsp3) is 0.0769. The van der Waals surface area contributed by atoms with Gasteiger partial charge in [-0.2, -0.15) is 0 Å². The second kappa shape index (κ2) is 5.30. The highest BCUT2D eigenvalue weighted by molar-refractivity contribution is 7.98. The number of H-pyrrole nitrogens is 1. The monoisotopic (exact) mass is 286 g/mol. The number of aromatic nitrogens is 4. The molecule has 0 spiro atoms. The average Bonchev–Trinajstić information content (AvgIpc) is 2.94. The molecule has 0 bridgehead atoms. The van der Waals surface area contributed by atoms with Crippen molar-refractivity contribution in [3.05, 3.63) is 48.0 Å². The molecule has 6 nitrogen and oxygen atoms in total. The molecule has 0 unspecified atom stereocenters. The molecule has 0 radical (unpaired) electrons. The summed E-state index contributed by atoms with van der Waals surface area (Å²) in [5, 5.41) is 9.77. The zero-order chi connectivity index (χ0) is 13.9.